The molecular formula is C11H21N3O3. The second-order valence-corrected chi connectivity index (χ2v) is 4.30. The van der Waals surface area contributed by atoms with E-state index in [4.69, 9.17) is 15.7 Å². The fourth-order valence-electron chi connectivity index (χ4n) is 2.11. The van der Waals surface area contributed by atoms with Gasteiger partial charge in [0.15, 0.2) is 5.84 Å². The molecule has 0 aromatic rings. The van der Waals surface area contributed by atoms with Crippen molar-refractivity contribution in [2.24, 2.45) is 16.3 Å². The van der Waals surface area contributed by atoms with Crippen molar-refractivity contribution < 1.29 is 14.7 Å². The van der Waals surface area contributed by atoms with Gasteiger partial charge in [0.05, 0.1) is 6.61 Å². The molecule has 1 rings (SSSR count). The Morgan fingerprint density at radius 1 is 1.59 bits per heavy atom. The number of methoxy groups -OCH3 is 1. The van der Waals surface area contributed by atoms with E-state index in [1.807, 2.05) is 6.92 Å². The van der Waals surface area contributed by atoms with Crippen LogP contribution in [0.1, 0.15) is 26.2 Å². The van der Waals surface area contributed by atoms with E-state index in [1.54, 1.807) is 12.0 Å². The van der Waals surface area contributed by atoms with Crippen LogP contribution in [-0.4, -0.2) is 48.7 Å². The molecular weight excluding hydrogens is 222 g/mol. The number of hydrogen-bond donors (Lipinski definition) is 2. The number of carbonyl (C=O) groups excluding carboxylic acids is 1. The highest BCUT2D eigenvalue weighted by Crippen LogP contribution is 2.42. The predicted molar refractivity (Wildman–Crippen MR) is 63.8 cm³/mol. The van der Waals surface area contributed by atoms with Gasteiger partial charge in [-0.25, -0.2) is 0 Å². The average Bonchev–Trinajstić information content (AvgIpc) is 2.28. The van der Waals surface area contributed by atoms with Crippen molar-refractivity contribution in [3.05, 3.63) is 0 Å². The molecule has 6 nitrogen and oxygen atoms in total. The molecule has 1 aliphatic rings. The molecule has 0 aromatic heterocycles. The number of likely N-dealkylation sites (N-methyl/N-ethyl adjacent to an activating group) is 1. The fourth-order valence-corrected chi connectivity index (χ4v) is 2.11. The summed E-state index contributed by atoms with van der Waals surface area (Å²) in [4.78, 5) is 14.1. The van der Waals surface area contributed by atoms with Gasteiger partial charge < -0.3 is 20.6 Å². The predicted octanol–water partition coefficient (Wildman–Crippen LogP) is 0.398. The molecule has 17 heavy (non-hydrogen) atoms. The van der Waals surface area contributed by atoms with Crippen molar-refractivity contribution in [1.82, 2.24) is 4.90 Å². The van der Waals surface area contributed by atoms with Crippen LogP contribution in [0.4, 0.5) is 0 Å². The number of ether oxygens (including phenoxy) is 1. The number of nitrogens with zero attached hydrogens (tertiary/aromatic N) is 2. The topological polar surface area (TPSA) is 88.2 Å². The number of oxime groups is 1. The monoisotopic (exact) mass is 243 g/mol. The van der Waals surface area contributed by atoms with Crippen molar-refractivity contribution in [1.29, 1.82) is 0 Å². The number of hydrogen-bond acceptors (Lipinski definition) is 4. The number of amides is 1. The van der Waals surface area contributed by atoms with Crippen LogP contribution in [0.5, 0.6) is 0 Å². The molecule has 0 radical (unpaired) electrons. The lowest BCUT2D eigenvalue weighted by molar-refractivity contribution is -0.142. The second kappa shape index (κ2) is 5.86. The van der Waals surface area contributed by atoms with Crippen LogP contribution >= 0.6 is 0 Å². The molecule has 3 N–H and O–H groups in total. The first-order valence-corrected chi connectivity index (χ1v) is 5.88. The number of carbonyl (C=O) groups is 1. The first kappa shape index (κ1) is 13.8. The Labute approximate surface area is 101 Å². The van der Waals surface area contributed by atoms with E-state index in [-0.39, 0.29) is 11.7 Å². The van der Waals surface area contributed by atoms with Gasteiger partial charge in [0, 0.05) is 20.2 Å². The Kier molecular flexibility index (Phi) is 4.74. The van der Waals surface area contributed by atoms with Crippen LogP contribution in [0.3, 0.4) is 0 Å². The minimum Gasteiger partial charge on any atom is -0.409 e. The molecule has 6 heteroatoms. The van der Waals surface area contributed by atoms with Gasteiger partial charge in [0.2, 0.25) is 5.91 Å². The standard InChI is InChI=1S/C11H21N3O3/c1-3-14(7-8-17-2)10(15)11(5-4-6-11)9(12)13-16/h16H,3-8H2,1-2H3,(H2,12,13). The lowest BCUT2D eigenvalue weighted by Crippen LogP contribution is -2.55. The van der Waals surface area contributed by atoms with Crippen molar-refractivity contribution in [3.63, 3.8) is 0 Å². The quantitative estimate of drug-likeness (QED) is 0.306. The smallest absolute Gasteiger partial charge is 0.236 e. The molecule has 98 valence electrons. The van der Waals surface area contributed by atoms with Gasteiger partial charge in [-0.1, -0.05) is 11.6 Å². The van der Waals surface area contributed by atoms with Crippen LogP contribution in [0.2, 0.25) is 0 Å². The summed E-state index contributed by atoms with van der Waals surface area (Å²) >= 11 is 0. The van der Waals surface area contributed by atoms with Crippen molar-refractivity contribution in [2.75, 3.05) is 26.8 Å². The lowest BCUT2D eigenvalue weighted by atomic mass is 9.67. The molecule has 0 atom stereocenters. The van der Waals surface area contributed by atoms with Gasteiger partial charge in [-0.05, 0) is 19.8 Å². The molecule has 1 fully saturated rings. The zero-order chi connectivity index (χ0) is 12.9. The third-order valence-corrected chi connectivity index (χ3v) is 3.45. The summed E-state index contributed by atoms with van der Waals surface area (Å²) in [6.45, 7) is 3.53. The first-order chi connectivity index (χ1) is 8.12. The Balaban J connectivity index is 2.77. The van der Waals surface area contributed by atoms with Crippen molar-refractivity contribution in [3.8, 4) is 0 Å². The number of amidine groups is 1. The maximum absolute atomic E-state index is 12.4. The van der Waals surface area contributed by atoms with Crippen LogP contribution in [0.15, 0.2) is 5.16 Å². The molecule has 0 heterocycles. The zero-order valence-corrected chi connectivity index (χ0v) is 10.5. The SMILES string of the molecule is CCN(CCOC)C(=O)C1(C(N)=NO)CCC1. The largest absolute Gasteiger partial charge is 0.409 e. The molecule has 1 amide bonds. The molecule has 0 bridgehead atoms. The summed E-state index contributed by atoms with van der Waals surface area (Å²) in [5.41, 5.74) is 4.88. The Hall–Kier alpha value is -1.30. The molecule has 0 saturated heterocycles. The van der Waals surface area contributed by atoms with E-state index in [2.05, 4.69) is 5.16 Å². The average molecular weight is 243 g/mol. The third-order valence-electron chi connectivity index (χ3n) is 3.45. The molecule has 0 spiro atoms. The van der Waals surface area contributed by atoms with E-state index in [0.29, 0.717) is 32.5 Å². The second-order valence-electron chi connectivity index (χ2n) is 4.30. The minimum absolute atomic E-state index is 0.0321. The zero-order valence-electron chi connectivity index (χ0n) is 10.5. The van der Waals surface area contributed by atoms with E-state index in [0.717, 1.165) is 6.42 Å². The van der Waals surface area contributed by atoms with Crippen LogP contribution < -0.4 is 5.73 Å². The van der Waals surface area contributed by atoms with Crippen LogP contribution in [-0.2, 0) is 9.53 Å². The third kappa shape index (κ3) is 2.52. The fraction of sp³-hybridized carbons (Fsp3) is 0.818. The van der Waals surface area contributed by atoms with Gasteiger partial charge in [-0.2, -0.15) is 0 Å². The van der Waals surface area contributed by atoms with Gasteiger partial charge in [0.1, 0.15) is 5.41 Å². The van der Waals surface area contributed by atoms with Crippen LogP contribution in [0, 0.1) is 5.41 Å². The van der Waals surface area contributed by atoms with Gasteiger partial charge >= 0.3 is 0 Å². The van der Waals surface area contributed by atoms with Crippen molar-refractivity contribution in [2.45, 2.75) is 26.2 Å². The highest BCUT2D eigenvalue weighted by Gasteiger charge is 2.49. The highest BCUT2D eigenvalue weighted by atomic mass is 16.5. The number of rotatable bonds is 6. The molecule has 0 unspecified atom stereocenters. The molecule has 0 aromatic carbocycles. The molecule has 1 aliphatic carbocycles. The Morgan fingerprint density at radius 3 is 2.59 bits per heavy atom. The van der Waals surface area contributed by atoms with Crippen LogP contribution in [0.25, 0.3) is 0 Å². The van der Waals surface area contributed by atoms with E-state index < -0.39 is 5.41 Å². The Morgan fingerprint density at radius 2 is 2.24 bits per heavy atom. The van der Waals surface area contributed by atoms with Gasteiger partial charge in [0.25, 0.3) is 0 Å². The molecule has 1 saturated carbocycles. The normalized spacial score (nSPS) is 18.6. The van der Waals surface area contributed by atoms with E-state index in [1.165, 1.54) is 0 Å². The highest BCUT2D eigenvalue weighted by molar-refractivity contribution is 6.07. The molecule has 0 aliphatic heterocycles. The Bertz CT molecular complexity index is 300. The summed E-state index contributed by atoms with van der Waals surface area (Å²) in [6.07, 6.45) is 2.25. The maximum Gasteiger partial charge on any atom is 0.236 e. The number of nitrogens with two attached hydrogens (primary N) is 1. The first-order valence-electron chi connectivity index (χ1n) is 5.88. The van der Waals surface area contributed by atoms with Gasteiger partial charge in [-0.3, -0.25) is 4.79 Å². The van der Waals surface area contributed by atoms with Crippen molar-refractivity contribution >= 4 is 11.7 Å². The minimum atomic E-state index is -0.779. The summed E-state index contributed by atoms with van der Waals surface area (Å²) in [6, 6.07) is 0. The summed E-state index contributed by atoms with van der Waals surface area (Å²) < 4.78 is 4.97. The maximum atomic E-state index is 12.4. The van der Waals surface area contributed by atoms with Gasteiger partial charge in [-0.15, -0.1) is 0 Å². The van der Waals surface area contributed by atoms with E-state index in [9.17, 15) is 4.79 Å². The van der Waals surface area contributed by atoms with E-state index >= 15 is 0 Å². The summed E-state index contributed by atoms with van der Waals surface area (Å²) in [5.74, 6) is -0.0248. The summed E-state index contributed by atoms with van der Waals surface area (Å²) in [5, 5.41) is 11.8. The lowest BCUT2D eigenvalue weighted by Gasteiger charge is -2.42. The summed E-state index contributed by atoms with van der Waals surface area (Å²) in [7, 11) is 1.60.